The maximum Gasteiger partial charge on any atom is 0.374 e. The third-order valence-corrected chi connectivity index (χ3v) is 4.62. The molecule has 26 heavy (non-hydrogen) atoms. The lowest BCUT2D eigenvalue weighted by atomic mass is 10.2. The van der Waals surface area contributed by atoms with Gasteiger partial charge in [0.2, 0.25) is 5.76 Å². The van der Waals surface area contributed by atoms with Gasteiger partial charge in [0.25, 0.3) is 5.91 Å². The molecule has 0 saturated carbocycles. The average molecular weight is 373 g/mol. The maximum absolute atomic E-state index is 12.0. The molecule has 0 fully saturated rings. The summed E-state index contributed by atoms with van der Waals surface area (Å²) in [5.74, 6) is -1.36. The third kappa shape index (κ3) is 4.09. The average Bonchev–Trinajstić information content (AvgIpc) is 3.03. The molecule has 0 bridgehead atoms. The summed E-state index contributed by atoms with van der Waals surface area (Å²) >= 11 is 0. The summed E-state index contributed by atoms with van der Waals surface area (Å²) in [6.07, 6.45) is 1.07. The molecule has 0 aliphatic heterocycles. The van der Waals surface area contributed by atoms with Gasteiger partial charge in [-0.1, -0.05) is 24.3 Å². The Balaban J connectivity index is 1.61. The molecule has 0 atom stereocenters. The van der Waals surface area contributed by atoms with Gasteiger partial charge in [-0.2, -0.15) is 0 Å². The number of benzene rings is 2. The number of esters is 1. The molecule has 0 spiro atoms. The molecule has 1 amide bonds. The second-order valence-corrected chi connectivity index (χ2v) is 7.59. The lowest BCUT2D eigenvalue weighted by Crippen LogP contribution is -2.20. The molecule has 1 heterocycles. The van der Waals surface area contributed by atoms with Crippen LogP contribution >= 0.6 is 0 Å². The van der Waals surface area contributed by atoms with Crippen LogP contribution in [0.4, 0.5) is 5.69 Å². The standard InChI is InChI=1S/C18H15NO6S/c1-26(22,23)14-7-4-6-13(10-14)19-17(20)11-24-18(21)16-9-12-5-2-3-8-15(12)25-16/h2-10H,11H2,1H3,(H,19,20). The van der Waals surface area contributed by atoms with Gasteiger partial charge in [-0.3, -0.25) is 4.79 Å². The van der Waals surface area contributed by atoms with Crippen molar-refractivity contribution >= 4 is 38.4 Å². The minimum absolute atomic E-state index is 0.00178. The van der Waals surface area contributed by atoms with Crippen molar-refractivity contribution in [1.82, 2.24) is 0 Å². The predicted octanol–water partition coefficient (Wildman–Crippen LogP) is 2.63. The van der Waals surface area contributed by atoms with Crippen molar-refractivity contribution in [1.29, 1.82) is 0 Å². The van der Waals surface area contributed by atoms with Crippen LogP contribution in [0.5, 0.6) is 0 Å². The fraction of sp³-hybridized carbons (Fsp3) is 0.111. The van der Waals surface area contributed by atoms with Crippen molar-refractivity contribution in [2.24, 2.45) is 0 Å². The second-order valence-electron chi connectivity index (χ2n) is 5.57. The van der Waals surface area contributed by atoms with Gasteiger partial charge in [0.1, 0.15) is 5.58 Å². The Morgan fingerprint density at radius 1 is 1.08 bits per heavy atom. The van der Waals surface area contributed by atoms with Crippen LogP contribution in [-0.2, 0) is 19.4 Å². The normalized spacial score (nSPS) is 11.3. The third-order valence-electron chi connectivity index (χ3n) is 3.51. The number of fused-ring (bicyclic) bond motifs is 1. The molecule has 0 radical (unpaired) electrons. The first-order chi connectivity index (χ1) is 12.3. The van der Waals surface area contributed by atoms with Gasteiger partial charge in [0.15, 0.2) is 16.4 Å². The zero-order valence-corrected chi connectivity index (χ0v) is 14.6. The lowest BCUT2D eigenvalue weighted by Gasteiger charge is -2.07. The number of ether oxygens (including phenoxy) is 1. The van der Waals surface area contributed by atoms with Crippen molar-refractivity contribution < 1.29 is 27.2 Å². The largest absolute Gasteiger partial charge is 0.450 e. The minimum Gasteiger partial charge on any atom is -0.450 e. The summed E-state index contributed by atoms with van der Waals surface area (Å²) in [6, 6.07) is 14.4. The van der Waals surface area contributed by atoms with Crippen molar-refractivity contribution in [2.45, 2.75) is 4.90 Å². The number of carbonyl (C=O) groups is 2. The summed E-state index contributed by atoms with van der Waals surface area (Å²) in [7, 11) is -3.38. The number of amides is 1. The number of furan rings is 1. The number of hydrogen-bond donors (Lipinski definition) is 1. The molecule has 0 aliphatic carbocycles. The summed E-state index contributed by atoms with van der Waals surface area (Å²) in [5, 5.41) is 3.23. The van der Waals surface area contributed by atoms with Gasteiger partial charge in [0.05, 0.1) is 4.90 Å². The van der Waals surface area contributed by atoms with E-state index in [2.05, 4.69) is 5.32 Å². The molecular formula is C18H15NO6S. The Bertz CT molecular complexity index is 1050. The van der Waals surface area contributed by atoms with E-state index in [0.717, 1.165) is 11.6 Å². The first kappa shape index (κ1) is 17.7. The molecule has 2 aromatic carbocycles. The summed E-state index contributed by atoms with van der Waals surface area (Å²) in [5.41, 5.74) is 0.833. The zero-order valence-electron chi connectivity index (χ0n) is 13.8. The van der Waals surface area contributed by atoms with Crippen molar-refractivity contribution in [3.8, 4) is 0 Å². The van der Waals surface area contributed by atoms with E-state index in [4.69, 9.17) is 9.15 Å². The van der Waals surface area contributed by atoms with Gasteiger partial charge in [-0.15, -0.1) is 0 Å². The van der Waals surface area contributed by atoms with E-state index in [9.17, 15) is 18.0 Å². The molecule has 0 unspecified atom stereocenters. The van der Waals surface area contributed by atoms with E-state index in [1.165, 1.54) is 30.3 Å². The molecule has 1 aromatic heterocycles. The number of carbonyl (C=O) groups excluding carboxylic acids is 2. The van der Waals surface area contributed by atoms with E-state index >= 15 is 0 Å². The van der Waals surface area contributed by atoms with E-state index in [1.807, 2.05) is 6.07 Å². The van der Waals surface area contributed by atoms with Gasteiger partial charge < -0.3 is 14.5 Å². The molecular weight excluding hydrogens is 358 g/mol. The number of sulfone groups is 1. The van der Waals surface area contributed by atoms with Crippen LogP contribution in [0.3, 0.4) is 0 Å². The number of nitrogens with one attached hydrogen (secondary N) is 1. The Morgan fingerprint density at radius 2 is 1.85 bits per heavy atom. The SMILES string of the molecule is CS(=O)(=O)c1cccc(NC(=O)COC(=O)c2cc3ccccc3o2)c1. The quantitative estimate of drug-likeness (QED) is 0.690. The number of rotatable bonds is 5. The topological polar surface area (TPSA) is 103 Å². The summed E-state index contributed by atoms with van der Waals surface area (Å²) in [4.78, 5) is 24.0. The highest BCUT2D eigenvalue weighted by Gasteiger charge is 2.16. The van der Waals surface area contributed by atoms with Crippen LogP contribution in [0.2, 0.25) is 0 Å². The van der Waals surface area contributed by atoms with Gasteiger partial charge in [-0.25, -0.2) is 13.2 Å². The molecule has 8 heteroatoms. The van der Waals surface area contributed by atoms with Crippen LogP contribution in [0.25, 0.3) is 11.0 Å². The van der Waals surface area contributed by atoms with Gasteiger partial charge in [-0.05, 0) is 30.3 Å². The Hall–Kier alpha value is -3.13. The van der Waals surface area contributed by atoms with Gasteiger partial charge in [0, 0.05) is 17.3 Å². The molecule has 0 aliphatic rings. The second kappa shape index (κ2) is 7.01. The van der Waals surface area contributed by atoms with E-state index in [-0.39, 0.29) is 16.3 Å². The molecule has 3 rings (SSSR count). The van der Waals surface area contributed by atoms with Gasteiger partial charge >= 0.3 is 5.97 Å². The first-order valence-corrected chi connectivity index (χ1v) is 9.48. The minimum atomic E-state index is -3.38. The summed E-state index contributed by atoms with van der Waals surface area (Å²) in [6.45, 7) is -0.529. The monoisotopic (exact) mass is 373 g/mol. The number of para-hydroxylation sites is 1. The van der Waals surface area contributed by atoms with Crippen molar-refractivity contribution in [3.63, 3.8) is 0 Å². The molecule has 134 valence electrons. The number of anilines is 1. The van der Waals surface area contributed by atoms with Crippen molar-refractivity contribution in [2.75, 3.05) is 18.2 Å². The van der Waals surface area contributed by atoms with E-state index < -0.39 is 28.3 Å². The van der Waals surface area contributed by atoms with Crippen molar-refractivity contribution in [3.05, 3.63) is 60.4 Å². The van der Waals surface area contributed by atoms with Crippen LogP contribution < -0.4 is 5.32 Å². The maximum atomic E-state index is 12.0. The van der Waals surface area contributed by atoms with Crippen LogP contribution in [0.1, 0.15) is 10.6 Å². The zero-order chi connectivity index (χ0) is 18.7. The molecule has 3 aromatic rings. The lowest BCUT2D eigenvalue weighted by molar-refractivity contribution is -0.119. The molecule has 0 saturated heterocycles. The van der Waals surface area contributed by atoms with E-state index in [1.54, 1.807) is 18.2 Å². The fourth-order valence-electron chi connectivity index (χ4n) is 2.29. The van der Waals surface area contributed by atoms with Crippen LogP contribution in [0, 0.1) is 0 Å². The first-order valence-electron chi connectivity index (χ1n) is 7.58. The van der Waals surface area contributed by atoms with Crippen LogP contribution in [-0.4, -0.2) is 33.2 Å². The Morgan fingerprint density at radius 3 is 2.58 bits per heavy atom. The summed E-state index contributed by atoms with van der Waals surface area (Å²) < 4.78 is 33.3. The smallest absolute Gasteiger partial charge is 0.374 e. The highest BCUT2D eigenvalue weighted by molar-refractivity contribution is 7.90. The number of hydrogen-bond acceptors (Lipinski definition) is 6. The molecule has 7 nitrogen and oxygen atoms in total. The molecule has 1 N–H and O–H groups in total. The highest BCUT2D eigenvalue weighted by atomic mass is 32.2. The highest BCUT2D eigenvalue weighted by Crippen LogP contribution is 2.19. The predicted molar refractivity (Wildman–Crippen MR) is 94.7 cm³/mol. The Labute approximate surface area is 149 Å². The van der Waals surface area contributed by atoms with E-state index in [0.29, 0.717) is 5.58 Å². The van der Waals surface area contributed by atoms with Crippen LogP contribution in [0.15, 0.2) is 63.9 Å². The Kier molecular flexibility index (Phi) is 4.77. The fourth-order valence-corrected chi connectivity index (χ4v) is 2.95.